The highest BCUT2D eigenvalue weighted by atomic mass is 35.5. The van der Waals surface area contributed by atoms with Gasteiger partial charge in [-0.1, -0.05) is 41.4 Å². The van der Waals surface area contributed by atoms with Gasteiger partial charge in [0, 0.05) is 0 Å². The minimum atomic E-state index is -0.861. The second-order valence-electron chi connectivity index (χ2n) is 4.28. The van der Waals surface area contributed by atoms with Crippen molar-refractivity contribution in [2.75, 3.05) is 5.32 Å². The zero-order chi connectivity index (χ0) is 15.4. The summed E-state index contributed by atoms with van der Waals surface area (Å²) in [5.74, 6) is -0.713. The van der Waals surface area contributed by atoms with Crippen LogP contribution in [-0.2, 0) is 4.79 Å². The van der Waals surface area contributed by atoms with E-state index in [9.17, 15) is 9.18 Å². The summed E-state index contributed by atoms with van der Waals surface area (Å²) in [7, 11) is 0. The van der Waals surface area contributed by atoms with Crippen LogP contribution in [0, 0.1) is 5.82 Å². The molecular weight excluding hydrogens is 316 g/mol. The largest absolute Gasteiger partial charge is 0.479 e. The normalized spacial score (nSPS) is 11.8. The Hall–Kier alpha value is -1.78. The van der Waals surface area contributed by atoms with E-state index in [4.69, 9.17) is 27.9 Å². The zero-order valence-corrected chi connectivity index (χ0v) is 12.6. The van der Waals surface area contributed by atoms with Gasteiger partial charge in [-0.05, 0) is 31.2 Å². The van der Waals surface area contributed by atoms with Crippen LogP contribution < -0.4 is 10.1 Å². The van der Waals surface area contributed by atoms with E-state index in [2.05, 4.69) is 5.32 Å². The molecule has 0 radical (unpaired) electrons. The zero-order valence-electron chi connectivity index (χ0n) is 11.1. The van der Waals surface area contributed by atoms with Crippen LogP contribution >= 0.6 is 23.2 Å². The van der Waals surface area contributed by atoms with Gasteiger partial charge in [0.25, 0.3) is 5.91 Å². The van der Waals surface area contributed by atoms with Crippen molar-refractivity contribution in [2.24, 2.45) is 0 Å². The molecule has 0 fully saturated rings. The standard InChI is InChI=1S/C15H12Cl2FNO2/c1-9(21-13-8-4-5-10(16)14(13)17)15(20)19-12-7-3-2-6-11(12)18/h2-9H,1H3,(H,19,20)/t9-/m0/s1. The van der Waals surface area contributed by atoms with Crippen LogP contribution in [0.4, 0.5) is 10.1 Å². The first kappa shape index (κ1) is 15.6. The van der Waals surface area contributed by atoms with Gasteiger partial charge in [-0.15, -0.1) is 0 Å². The third-order valence-corrected chi connectivity index (χ3v) is 3.52. The summed E-state index contributed by atoms with van der Waals surface area (Å²) in [6, 6.07) is 10.8. The van der Waals surface area contributed by atoms with E-state index in [0.29, 0.717) is 10.8 Å². The molecule has 2 rings (SSSR count). The van der Waals surface area contributed by atoms with Crippen LogP contribution in [0.1, 0.15) is 6.92 Å². The number of ether oxygens (including phenoxy) is 1. The molecule has 0 saturated heterocycles. The first-order valence-corrected chi connectivity index (χ1v) is 6.90. The predicted octanol–water partition coefficient (Wildman–Crippen LogP) is 4.54. The van der Waals surface area contributed by atoms with Gasteiger partial charge in [-0.25, -0.2) is 4.39 Å². The second kappa shape index (κ2) is 6.78. The number of halogens is 3. The first-order chi connectivity index (χ1) is 9.99. The summed E-state index contributed by atoms with van der Waals surface area (Å²) in [4.78, 5) is 12.0. The third kappa shape index (κ3) is 3.86. The molecule has 0 aliphatic rings. The van der Waals surface area contributed by atoms with Crippen molar-refractivity contribution in [3.05, 3.63) is 58.3 Å². The number of hydrogen-bond acceptors (Lipinski definition) is 2. The van der Waals surface area contributed by atoms with Gasteiger partial charge in [0.05, 0.1) is 10.7 Å². The van der Waals surface area contributed by atoms with E-state index in [-0.39, 0.29) is 10.7 Å². The maximum Gasteiger partial charge on any atom is 0.265 e. The van der Waals surface area contributed by atoms with E-state index in [0.717, 1.165) is 0 Å². The number of carbonyl (C=O) groups is 1. The van der Waals surface area contributed by atoms with Crippen molar-refractivity contribution >= 4 is 34.8 Å². The molecule has 1 N–H and O–H groups in total. The SMILES string of the molecule is C[C@H](Oc1cccc(Cl)c1Cl)C(=O)Nc1ccccc1F. The lowest BCUT2D eigenvalue weighted by Gasteiger charge is -2.16. The topological polar surface area (TPSA) is 38.3 Å². The fraction of sp³-hybridized carbons (Fsp3) is 0.133. The van der Waals surface area contributed by atoms with Crippen molar-refractivity contribution < 1.29 is 13.9 Å². The Balaban J connectivity index is 2.06. The molecule has 2 aromatic rings. The predicted molar refractivity (Wildman–Crippen MR) is 81.6 cm³/mol. The van der Waals surface area contributed by atoms with Gasteiger partial charge in [0.15, 0.2) is 6.10 Å². The van der Waals surface area contributed by atoms with Gasteiger partial charge < -0.3 is 10.1 Å². The highest BCUT2D eigenvalue weighted by molar-refractivity contribution is 6.42. The van der Waals surface area contributed by atoms with Crippen LogP contribution in [0.2, 0.25) is 10.0 Å². The van der Waals surface area contributed by atoms with Crippen LogP contribution in [0.5, 0.6) is 5.75 Å². The van der Waals surface area contributed by atoms with Crippen molar-refractivity contribution in [3.63, 3.8) is 0 Å². The number of nitrogens with one attached hydrogen (secondary N) is 1. The molecule has 0 aromatic heterocycles. The Kier molecular flexibility index (Phi) is 5.04. The number of benzene rings is 2. The Morgan fingerprint density at radius 3 is 2.62 bits per heavy atom. The summed E-state index contributed by atoms with van der Waals surface area (Å²) >= 11 is 11.8. The van der Waals surface area contributed by atoms with Gasteiger partial charge in [-0.2, -0.15) is 0 Å². The molecule has 0 saturated carbocycles. The Morgan fingerprint density at radius 2 is 1.90 bits per heavy atom. The van der Waals surface area contributed by atoms with Crippen molar-refractivity contribution in [3.8, 4) is 5.75 Å². The van der Waals surface area contributed by atoms with Crippen LogP contribution in [0.3, 0.4) is 0 Å². The molecule has 0 spiro atoms. The average molecular weight is 328 g/mol. The van der Waals surface area contributed by atoms with Gasteiger partial charge >= 0.3 is 0 Å². The Labute approximate surface area is 131 Å². The van der Waals surface area contributed by atoms with E-state index in [1.165, 1.54) is 25.1 Å². The summed E-state index contributed by atoms with van der Waals surface area (Å²) in [6.07, 6.45) is -0.861. The average Bonchev–Trinajstić information content (AvgIpc) is 2.46. The number of hydrogen-bond donors (Lipinski definition) is 1. The molecule has 0 unspecified atom stereocenters. The second-order valence-corrected chi connectivity index (χ2v) is 5.07. The van der Waals surface area contributed by atoms with Gasteiger partial charge in [0.2, 0.25) is 0 Å². The molecule has 0 bridgehead atoms. The molecule has 110 valence electrons. The van der Waals surface area contributed by atoms with Gasteiger partial charge in [0.1, 0.15) is 16.6 Å². The van der Waals surface area contributed by atoms with Crippen LogP contribution in [0.15, 0.2) is 42.5 Å². The molecular formula is C15H12Cl2FNO2. The maximum atomic E-state index is 13.5. The minimum Gasteiger partial charge on any atom is -0.479 e. The highest BCUT2D eigenvalue weighted by Crippen LogP contribution is 2.32. The Morgan fingerprint density at radius 1 is 1.19 bits per heavy atom. The van der Waals surface area contributed by atoms with Gasteiger partial charge in [-0.3, -0.25) is 4.79 Å². The summed E-state index contributed by atoms with van der Waals surface area (Å²) in [5, 5.41) is 3.01. The number of para-hydroxylation sites is 1. The fourth-order valence-electron chi connectivity index (χ4n) is 1.62. The number of carbonyl (C=O) groups excluding carboxylic acids is 1. The first-order valence-electron chi connectivity index (χ1n) is 6.15. The van der Waals surface area contributed by atoms with Crippen LogP contribution in [-0.4, -0.2) is 12.0 Å². The molecule has 1 amide bonds. The lowest BCUT2D eigenvalue weighted by molar-refractivity contribution is -0.122. The lowest BCUT2D eigenvalue weighted by Crippen LogP contribution is -2.30. The summed E-state index contributed by atoms with van der Waals surface area (Å²) in [5.41, 5.74) is 0.0927. The number of rotatable bonds is 4. The highest BCUT2D eigenvalue weighted by Gasteiger charge is 2.18. The Bertz CT molecular complexity index is 664. The number of anilines is 1. The van der Waals surface area contributed by atoms with Crippen molar-refractivity contribution in [1.29, 1.82) is 0 Å². The fourth-order valence-corrected chi connectivity index (χ4v) is 1.95. The van der Waals surface area contributed by atoms with E-state index < -0.39 is 17.8 Å². The quantitative estimate of drug-likeness (QED) is 0.895. The molecule has 6 heteroatoms. The molecule has 1 atom stereocenters. The molecule has 3 nitrogen and oxygen atoms in total. The molecule has 0 heterocycles. The van der Waals surface area contributed by atoms with Crippen LogP contribution in [0.25, 0.3) is 0 Å². The van der Waals surface area contributed by atoms with Crippen molar-refractivity contribution in [2.45, 2.75) is 13.0 Å². The maximum absolute atomic E-state index is 13.5. The third-order valence-electron chi connectivity index (χ3n) is 2.72. The number of amides is 1. The summed E-state index contributed by atoms with van der Waals surface area (Å²) < 4.78 is 18.9. The smallest absolute Gasteiger partial charge is 0.265 e. The lowest BCUT2D eigenvalue weighted by atomic mass is 10.3. The molecule has 0 aliphatic carbocycles. The monoisotopic (exact) mass is 327 g/mol. The van der Waals surface area contributed by atoms with E-state index in [1.54, 1.807) is 24.3 Å². The summed E-state index contributed by atoms with van der Waals surface area (Å²) in [6.45, 7) is 1.54. The molecule has 21 heavy (non-hydrogen) atoms. The molecule has 0 aliphatic heterocycles. The minimum absolute atomic E-state index is 0.0927. The molecule has 2 aromatic carbocycles. The van der Waals surface area contributed by atoms with E-state index in [1.807, 2.05) is 0 Å². The van der Waals surface area contributed by atoms with Crippen molar-refractivity contribution in [1.82, 2.24) is 0 Å². The van der Waals surface area contributed by atoms with E-state index >= 15 is 0 Å².